The molecule has 5 rings (SSSR count). The molecule has 0 radical (unpaired) electrons. The van der Waals surface area contributed by atoms with Gasteiger partial charge in [-0.05, 0) is 68.5 Å². The van der Waals surface area contributed by atoms with Gasteiger partial charge in [-0.25, -0.2) is 0 Å². The summed E-state index contributed by atoms with van der Waals surface area (Å²) in [6.45, 7) is 10.9. The van der Waals surface area contributed by atoms with Gasteiger partial charge in [0, 0.05) is 62.9 Å². The zero-order valence-electron chi connectivity index (χ0n) is 28.3. The third-order valence-electron chi connectivity index (χ3n) is 8.85. The van der Waals surface area contributed by atoms with Crippen molar-refractivity contribution >= 4 is 42.6 Å². The average Bonchev–Trinajstić information content (AvgIpc) is 3.55. The number of rotatable bonds is 14. The fourth-order valence-electron chi connectivity index (χ4n) is 6.06. The summed E-state index contributed by atoms with van der Waals surface area (Å²) in [6, 6.07) is 11.1. The van der Waals surface area contributed by atoms with Crippen LogP contribution in [0.1, 0.15) is 69.6 Å². The van der Waals surface area contributed by atoms with Crippen LogP contribution in [-0.4, -0.2) is 83.9 Å². The van der Waals surface area contributed by atoms with Crippen molar-refractivity contribution in [1.29, 1.82) is 0 Å². The number of piperidine rings is 1. The van der Waals surface area contributed by atoms with Crippen LogP contribution in [0, 0.1) is 18.8 Å². The summed E-state index contributed by atoms with van der Waals surface area (Å²) < 4.78 is 13.4. The largest absolute Gasteiger partial charge is 0.369 e. The molecule has 1 aromatic heterocycles. The van der Waals surface area contributed by atoms with E-state index in [0.717, 1.165) is 64.5 Å². The summed E-state index contributed by atoms with van der Waals surface area (Å²) >= 11 is 0. The maximum absolute atomic E-state index is 13.4. The van der Waals surface area contributed by atoms with Gasteiger partial charge in [-0.15, -0.1) is 0 Å². The van der Waals surface area contributed by atoms with Gasteiger partial charge < -0.3 is 20.1 Å². The van der Waals surface area contributed by atoms with Crippen molar-refractivity contribution in [3.8, 4) is 11.8 Å². The minimum absolute atomic E-state index is 0.0786. The van der Waals surface area contributed by atoms with Crippen molar-refractivity contribution in [2.24, 2.45) is 5.73 Å². The molecule has 0 aliphatic carbocycles. The van der Waals surface area contributed by atoms with E-state index in [9.17, 15) is 19.2 Å². The highest BCUT2D eigenvalue weighted by Gasteiger charge is 2.43. The van der Waals surface area contributed by atoms with Crippen molar-refractivity contribution in [2.75, 3.05) is 26.6 Å². The first-order valence-electron chi connectivity index (χ1n) is 16.6. The standard InChI is InChI=1S/C36H45N5O6Si/c1-25-28-14-13-27(34(37)43)22-32(28)41(38-25)17-6-5-7-18-46-19-9-11-26-10-8-12-29-30(26)23-39(35(29)44)31-15-16-33(42)40(36(31)45)24-47-20-21-48(2,3)4/h8,10,12-14,22,31H,5-7,15-21,23-24H2,1-4H3,(H2,37,43). The molecule has 254 valence electrons. The molecule has 2 aromatic carbocycles. The molecule has 4 amide bonds. The van der Waals surface area contributed by atoms with Crippen LogP contribution in [0.2, 0.25) is 25.7 Å². The summed E-state index contributed by atoms with van der Waals surface area (Å²) in [4.78, 5) is 53.7. The second kappa shape index (κ2) is 15.3. The molecule has 1 atom stereocenters. The summed E-state index contributed by atoms with van der Waals surface area (Å²) in [5.74, 6) is 4.90. The number of hydrogen-bond acceptors (Lipinski definition) is 7. The van der Waals surface area contributed by atoms with Crippen LogP contribution in [0.4, 0.5) is 0 Å². The number of fused-ring (bicyclic) bond motifs is 2. The Morgan fingerprint density at radius 1 is 1.06 bits per heavy atom. The Kier molecular flexibility index (Phi) is 11.1. The number of ether oxygens (including phenoxy) is 2. The summed E-state index contributed by atoms with van der Waals surface area (Å²) in [7, 11) is -1.30. The molecule has 2 aliphatic heterocycles. The van der Waals surface area contributed by atoms with E-state index in [4.69, 9.17) is 15.2 Å². The normalized spacial score (nSPS) is 16.4. The molecule has 11 nitrogen and oxygen atoms in total. The van der Waals surface area contributed by atoms with Crippen LogP contribution in [0.25, 0.3) is 10.9 Å². The summed E-state index contributed by atoms with van der Waals surface area (Å²) in [5.41, 5.74) is 9.82. The molecular formula is C36H45N5O6Si. The Bertz CT molecular complexity index is 1770. The molecule has 1 unspecified atom stereocenters. The second-order valence-electron chi connectivity index (χ2n) is 13.6. The van der Waals surface area contributed by atoms with Crippen LogP contribution in [0.5, 0.6) is 0 Å². The highest BCUT2D eigenvalue weighted by atomic mass is 28.3. The Balaban J connectivity index is 1.08. The second-order valence-corrected chi connectivity index (χ2v) is 19.3. The number of carbonyl (C=O) groups is 4. The highest BCUT2D eigenvalue weighted by Crippen LogP contribution is 2.31. The van der Waals surface area contributed by atoms with Crippen molar-refractivity contribution in [3.63, 3.8) is 0 Å². The number of aromatic nitrogens is 2. The van der Waals surface area contributed by atoms with E-state index in [0.29, 0.717) is 30.8 Å². The molecule has 3 aromatic rings. The quantitative estimate of drug-likeness (QED) is 0.116. The number of primary amides is 1. The van der Waals surface area contributed by atoms with Crippen molar-refractivity contribution in [2.45, 2.75) is 83.8 Å². The van der Waals surface area contributed by atoms with Gasteiger partial charge >= 0.3 is 0 Å². The Labute approximate surface area is 282 Å². The monoisotopic (exact) mass is 671 g/mol. The first-order valence-corrected chi connectivity index (χ1v) is 20.3. The summed E-state index contributed by atoms with van der Waals surface area (Å²) in [6.07, 6.45) is 3.21. The van der Waals surface area contributed by atoms with Crippen LogP contribution in [0.3, 0.4) is 0 Å². The van der Waals surface area contributed by atoms with Gasteiger partial charge in [0.2, 0.25) is 11.8 Å². The minimum Gasteiger partial charge on any atom is -0.369 e. The Morgan fingerprint density at radius 3 is 2.65 bits per heavy atom. The molecule has 48 heavy (non-hydrogen) atoms. The van der Waals surface area contributed by atoms with Crippen LogP contribution >= 0.6 is 0 Å². The number of amides is 4. The molecular weight excluding hydrogens is 627 g/mol. The topological polar surface area (TPSA) is 137 Å². The van der Waals surface area contributed by atoms with Crippen LogP contribution < -0.4 is 5.73 Å². The van der Waals surface area contributed by atoms with E-state index in [1.165, 1.54) is 0 Å². The number of carbonyl (C=O) groups excluding carboxylic acids is 4. The first-order chi connectivity index (χ1) is 22.9. The van der Waals surface area contributed by atoms with E-state index < -0.39 is 20.0 Å². The van der Waals surface area contributed by atoms with Gasteiger partial charge in [-0.3, -0.25) is 28.8 Å². The molecule has 0 saturated carbocycles. The fourth-order valence-corrected chi connectivity index (χ4v) is 6.82. The van der Waals surface area contributed by atoms with Gasteiger partial charge in [-0.1, -0.05) is 43.6 Å². The van der Waals surface area contributed by atoms with Crippen LogP contribution in [-0.2, 0) is 32.2 Å². The lowest BCUT2D eigenvalue weighted by atomic mass is 10.0. The van der Waals surface area contributed by atoms with Gasteiger partial charge in [0.15, 0.2) is 0 Å². The highest BCUT2D eigenvalue weighted by molar-refractivity contribution is 6.76. The van der Waals surface area contributed by atoms with Crippen molar-refractivity contribution in [3.05, 3.63) is 64.3 Å². The lowest BCUT2D eigenvalue weighted by Crippen LogP contribution is -2.55. The third-order valence-corrected chi connectivity index (χ3v) is 10.6. The molecule has 12 heteroatoms. The first kappa shape index (κ1) is 35.0. The average molecular weight is 672 g/mol. The Hall–Kier alpha value is -4.31. The zero-order valence-corrected chi connectivity index (χ0v) is 29.3. The number of benzene rings is 2. The lowest BCUT2D eigenvalue weighted by molar-refractivity contribution is -0.158. The zero-order chi connectivity index (χ0) is 34.4. The van der Waals surface area contributed by atoms with Gasteiger partial charge in [0.25, 0.3) is 11.8 Å². The van der Waals surface area contributed by atoms with Crippen LogP contribution in [0.15, 0.2) is 36.4 Å². The summed E-state index contributed by atoms with van der Waals surface area (Å²) in [5, 5.41) is 5.64. The van der Waals surface area contributed by atoms with Crippen molar-refractivity contribution < 1.29 is 28.7 Å². The van der Waals surface area contributed by atoms with Gasteiger partial charge in [0.05, 0.1) is 11.2 Å². The van der Waals surface area contributed by atoms with E-state index >= 15 is 0 Å². The number of nitrogens with zero attached hydrogens (tertiary/aromatic N) is 4. The lowest BCUT2D eigenvalue weighted by Gasteiger charge is -2.35. The number of aryl methyl sites for hydroxylation is 2. The fraction of sp³-hybridized carbons (Fsp3) is 0.472. The maximum atomic E-state index is 13.4. The Morgan fingerprint density at radius 2 is 1.88 bits per heavy atom. The van der Waals surface area contributed by atoms with E-state index in [1.54, 1.807) is 29.2 Å². The number of imide groups is 1. The SMILES string of the molecule is Cc1nn(CCCCCOCC#Cc2cccc3c2CN(C2CCC(=O)N(COCC[Si](C)(C)C)C2=O)C3=O)c2cc(C(N)=O)ccc12. The van der Waals surface area contributed by atoms with Crippen molar-refractivity contribution in [1.82, 2.24) is 19.6 Å². The molecule has 2 aliphatic rings. The molecule has 3 heterocycles. The number of nitrogens with two attached hydrogens (primary N) is 1. The smallest absolute Gasteiger partial charge is 0.255 e. The predicted octanol–water partition coefficient (Wildman–Crippen LogP) is 4.47. The molecule has 1 fully saturated rings. The number of unbranched alkanes of at least 4 members (excludes halogenated alkanes) is 2. The molecule has 0 bridgehead atoms. The molecule has 2 N–H and O–H groups in total. The van der Waals surface area contributed by atoms with Gasteiger partial charge in [0.1, 0.15) is 19.4 Å². The maximum Gasteiger partial charge on any atom is 0.255 e. The van der Waals surface area contributed by atoms with E-state index in [1.807, 2.05) is 23.7 Å². The number of likely N-dealkylation sites (tertiary alicyclic amines) is 1. The number of hydrogen-bond donors (Lipinski definition) is 1. The van der Waals surface area contributed by atoms with Gasteiger partial charge in [-0.2, -0.15) is 5.10 Å². The van der Waals surface area contributed by atoms with E-state index in [2.05, 4.69) is 36.6 Å². The minimum atomic E-state index is -1.30. The third kappa shape index (κ3) is 8.21. The molecule has 1 saturated heterocycles. The predicted molar refractivity (Wildman–Crippen MR) is 185 cm³/mol. The molecule has 0 spiro atoms. The van der Waals surface area contributed by atoms with E-state index in [-0.39, 0.29) is 44.0 Å².